The summed E-state index contributed by atoms with van der Waals surface area (Å²) in [6, 6.07) is 6.67. The SMILES string of the molecule is CO[C@@H]1CCC[C@H]1OC(=O)CCN1C(=O)c2ccccc2C1=O. The molecule has 1 aromatic carbocycles. The second kappa shape index (κ2) is 6.50. The van der Waals surface area contributed by atoms with Gasteiger partial charge >= 0.3 is 5.97 Å². The zero-order chi connectivity index (χ0) is 16.4. The van der Waals surface area contributed by atoms with Crippen LogP contribution in [0.15, 0.2) is 24.3 Å². The number of fused-ring (bicyclic) bond motifs is 1. The number of amides is 2. The van der Waals surface area contributed by atoms with Crippen molar-refractivity contribution < 1.29 is 23.9 Å². The Morgan fingerprint density at radius 2 is 1.74 bits per heavy atom. The van der Waals surface area contributed by atoms with Gasteiger partial charge in [-0.25, -0.2) is 0 Å². The van der Waals surface area contributed by atoms with E-state index in [1.165, 1.54) is 0 Å². The molecule has 0 unspecified atom stereocenters. The van der Waals surface area contributed by atoms with Gasteiger partial charge in [-0.15, -0.1) is 0 Å². The molecule has 23 heavy (non-hydrogen) atoms. The molecule has 2 aliphatic rings. The lowest BCUT2D eigenvalue weighted by atomic mass is 10.1. The van der Waals surface area contributed by atoms with E-state index in [0.717, 1.165) is 24.2 Å². The van der Waals surface area contributed by atoms with Crippen LogP contribution >= 0.6 is 0 Å². The Morgan fingerprint density at radius 1 is 1.13 bits per heavy atom. The first-order valence-electron chi connectivity index (χ1n) is 7.79. The third kappa shape index (κ3) is 2.99. The van der Waals surface area contributed by atoms with Crippen LogP contribution in [-0.4, -0.2) is 48.5 Å². The molecule has 0 N–H and O–H groups in total. The first-order valence-corrected chi connectivity index (χ1v) is 7.79. The van der Waals surface area contributed by atoms with Gasteiger partial charge in [0.1, 0.15) is 6.10 Å². The van der Waals surface area contributed by atoms with Gasteiger partial charge in [-0.1, -0.05) is 12.1 Å². The van der Waals surface area contributed by atoms with Crippen LogP contribution in [0.3, 0.4) is 0 Å². The van der Waals surface area contributed by atoms with Crippen LogP contribution < -0.4 is 0 Å². The normalized spacial score (nSPS) is 23.3. The summed E-state index contributed by atoms with van der Waals surface area (Å²) >= 11 is 0. The number of carbonyl (C=O) groups is 3. The predicted molar refractivity (Wildman–Crippen MR) is 81.0 cm³/mol. The van der Waals surface area contributed by atoms with E-state index in [-0.39, 0.29) is 37.0 Å². The van der Waals surface area contributed by atoms with Crippen LogP contribution in [0, 0.1) is 0 Å². The van der Waals surface area contributed by atoms with E-state index in [1.807, 2.05) is 0 Å². The van der Waals surface area contributed by atoms with Crippen molar-refractivity contribution in [3.8, 4) is 0 Å². The molecule has 0 saturated heterocycles. The highest BCUT2D eigenvalue weighted by Gasteiger charge is 2.36. The van der Waals surface area contributed by atoms with Crippen LogP contribution in [0.5, 0.6) is 0 Å². The van der Waals surface area contributed by atoms with Crippen molar-refractivity contribution in [2.75, 3.05) is 13.7 Å². The molecule has 2 atom stereocenters. The van der Waals surface area contributed by atoms with E-state index in [1.54, 1.807) is 31.4 Å². The molecule has 1 heterocycles. The van der Waals surface area contributed by atoms with Crippen LogP contribution in [-0.2, 0) is 14.3 Å². The highest BCUT2D eigenvalue weighted by atomic mass is 16.6. The van der Waals surface area contributed by atoms with Crippen molar-refractivity contribution >= 4 is 17.8 Å². The smallest absolute Gasteiger partial charge is 0.307 e. The average Bonchev–Trinajstić information content (AvgIpc) is 3.10. The third-order valence-electron chi connectivity index (χ3n) is 4.40. The Labute approximate surface area is 134 Å². The largest absolute Gasteiger partial charge is 0.460 e. The highest BCUT2D eigenvalue weighted by molar-refractivity contribution is 6.21. The number of hydrogen-bond acceptors (Lipinski definition) is 5. The second-order valence-corrected chi connectivity index (χ2v) is 5.79. The van der Waals surface area contributed by atoms with Gasteiger partial charge in [-0.2, -0.15) is 0 Å². The van der Waals surface area contributed by atoms with Gasteiger partial charge in [-0.05, 0) is 31.4 Å². The van der Waals surface area contributed by atoms with Gasteiger partial charge in [0.05, 0.1) is 23.7 Å². The minimum Gasteiger partial charge on any atom is -0.460 e. The molecular formula is C17H19NO5. The van der Waals surface area contributed by atoms with E-state index in [2.05, 4.69) is 0 Å². The molecule has 2 amide bonds. The zero-order valence-electron chi connectivity index (χ0n) is 13.0. The van der Waals surface area contributed by atoms with Gasteiger partial charge in [0.15, 0.2) is 0 Å². The standard InChI is InChI=1S/C17H19NO5/c1-22-13-7-4-8-14(13)23-15(19)9-10-18-16(20)11-5-2-3-6-12(11)17(18)21/h2-3,5-6,13-14H,4,7-10H2,1H3/t13-,14-/m1/s1. The minimum atomic E-state index is -0.407. The molecule has 0 spiro atoms. The zero-order valence-corrected chi connectivity index (χ0v) is 13.0. The van der Waals surface area contributed by atoms with Crippen molar-refractivity contribution in [3.63, 3.8) is 0 Å². The van der Waals surface area contributed by atoms with E-state index >= 15 is 0 Å². The maximum Gasteiger partial charge on any atom is 0.307 e. The molecule has 0 radical (unpaired) electrons. The van der Waals surface area contributed by atoms with Crippen LogP contribution in [0.1, 0.15) is 46.4 Å². The van der Waals surface area contributed by atoms with Gasteiger partial charge in [0.2, 0.25) is 0 Å². The Hall–Kier alpha value is -2.21. The van der Waals surface area contributed by atoms with E-state index < -0.39 is 5.97 Å². The van der Waals surface area contributed by atoms with Crippen molar-refractivity contribution in [2.45, 2.75) is 37.9 Å². The average molecular weight is 317 g/mol. The number of methoxy groups -OCH3 is 1. The molecule has 1 aromatic rings. The van der Waals surface area contributed by atoms with Crippen molar-refractivity contribution in [2.24, 2.45) is 0 Å². The molecule has 1 aliphatic heterocycles. The Bertz CT molecular complexity index is 607. The molecule has 0 bridgehead atoms. The summed E-state index contributed by atoms with van der Waals surface area (Å²) in [6.45, 7) is 0.0373. The molecule has 1 aliphatic carbocycles. The summed E-state index contributed by atoms with van der Waals surface area (Å²) in [5, 5.41) is 0. The summed E-state index contributed by atoms with van der Waals surface area (Å²) in [5.41, 5.74) is 0.780. The molecule has 1 fully saturated rings. The fraction of sp³-hybridized carbons (Fsp3) is 0.471. The minimum absolute atomic E-state index is 0.00158. The quantitative estimate of drug-likeness (QED) is 0.611. The first kappa shape index (κ1) is 15.7. The maximum absolute atomic E-state index is 12.2. The van der Waals surface area contributed by atoms with E-state index in [4.69, 9.17) is 9.47 Å². The Kier molecular flexibility index (Phi) is 4.43. The number of ether oxygens (including phenoxy) is 2. The summed E-state index contributed by atoms with van der Waals surface area (Å²) in [5.74, 6) is -1.11. The summed E-state index contributed by atoms with van der Waals surface area (Å²) < 4.78 is 10.7. The molecule has 6 heteroatoms. The Balaban J connectivity index is 1.56. The molecule has 1 saturated carbocycles. The first-order chi connectivity index (χ1) is 11.1. The highest BCUT2D eigenvalue weighted by Crippen LogP contribution is 2.25. The summed E-state index contributed by atoms with van der Waals surface area (Å²) in [7, 11) is 1.61. The number of esters is 1. The van der Waals surface area contributed by atoms with Crippen molar-refractivity contribution in [1.82, 2.24) is 4.90 Å². The lowest BCUT2D eigenvalue weighted by Gasteiger charge is -2.19. The lowest BCUT2D eigenvalue weighted by molar-refractivity contribution is -0.154. The molecule has 6 nitrogen and oxygen atoms in total. The van der Waals surface area contributed by atoms with Gasteiger partial charge in [-0.3, -0.25) is 19.3 Å². The summed E-state index contributed by atoms with van der Waals surface area (Å²) in [4.78, 5) is 37.5. The maximum atomic E-state index is 12.2. The summed E-state index contributed by atoms with van der Waals surface area (Å²) in [6.07, 6.45) is 2.35. The fourth-order valence-corrected chi connectivity index (χ4v) is 3.17. The number of hydrogen-bond donors (Lipinski definition) is 0. The monoisotopic (exact) mass is 317 g/mol. The van der Waals surface area contributed by atoms with Crippen LogP contribution in [0.2, 0.25) is 0 Å². The fourth-order valence-electron chi connectivity index (χ4n) is 3.17. The van der Waals surface area contributed by atoms with Gasteiger partial charge in [0.25, 0.3) is 11.8 Å². The number of nitrogens with zero attached hydrogens (tertiary/aromatic N) is 1. The van der Waals surface area contributed by atoms with E-state index in [0.29, 0.717) is 11.1 Å². The second-order valence-electron chi connectivity index (χ2n) is 5.79. The number of carbonyl (C=O) groups excluding carboxylic acids is 3. The van der Waals surface area contributed by atoms with Crippen LogP contribution in [0.25, 0.3) is 0 Å². The lowest BCUT2D eigenvalue weighted by Crippen LogP contribution is -2.33. The molecule has 122 valence electrons. The van der Waals surface area contributed by atoms with Crippen molar-refractivity contribution in [3.05, 3.63) is 35.4 Å². The van der Waals surface area contributed by atoms with Crippen LogP contribution in [0.4, 0.5) is 0 Å². The number of rotatable bonds is 5. The Morgan fingerprint density at radius 3 is 2.35 bits per heavy atom. The molecular weight excluding hydrogens is 298 g/mol. The predicted octanol–water partition coefficient (Wildman–Crippen LogP) is 1.78. The van der Waals surface area contributed by atoms with Crippen molar-refractivity contribution in [1.29, 1.82) is 0 Å². The topological polar surface area (TPSA) is 72.9 Å². The number of imide groups is 1. The third-order valence-corrected chi connectivity index (χ3v) is 4.40. The molecule has 0 aromatic heterocycles. The van der Waals surface area contributed by atoms with E-state index in [9.17, 15) is 14.4 Å². The molecule has 3 rings (SSSR count). The van der Waals surface area contributed by atoms with Gasteiger partial charge < -0.3 is 9.47 Å². The van der Waals surface area contributed by atoms with Gasteiger partial charge in [0, 0.05) is 13.7 Å². The number of benzene rings is 1.